The van der Waals surface area contributed by atoms with Gasteiger partial charge in [0.25, 0.3) is 0 Å². The zero-order chi connectivity index (χ0) is 35.5. The van der Waals surface area contributed by atoms with Gasteiger partial charge in [-0.15, -0.1) is 11.3 Å². The van der Waals surface area contributed by atoms with E-state index >= 15 is 0 Å². The first-order valence-corrected chi connectivity index (χ1v) is 13.6. The maximum Gasteiger partial charge on any atom is 0.490 e. The third kappa shape index (κ3) is 14.3. The number of rotatable bonds is 5. The van der Waals surface area contributed by atoms with Crippen LogP contribution < -0.4 is 0 Å². The third-order valence-electron chi connectivity index (χ3n) is 6.27. The molecule has 0 radical (unpaired) electrons. The Morgan fingerprint density at radius 3 is 1.76 bits per heavy atom. The number of carboxylic acids is 3. The van der Waals surface area contributed by atoms with Crippen molar-refractivity contribution in [3.63, 3.8) is 0 Å². The molecule has 2 fully saturated rings. The van der Waals surface area contributed by atoms with E-state index < -0.39 is 36.4 Å². The number of nitrogens with zero attached hydrogens (tertiary/aromatic N) is 4. The van der Waals surface area contributed by atoms with Crippen LogP contribution >= 0.6 is 11.3 Å². The number of fused-ring (bicyclic) bond motifs is 1. The van der Waals surface area contributed by atoms with E-state index in [1.54, 1.807) is 11.3 Å². The molecule has 4 rings (SSSR count). The summed E-state index contributed by atoms with van der Waals surface area (Å²) in [6.45, 7) is 7.36. The van der Waals surface area contributed by atoms with E-state index in [2.05, 4.69) is 44.2 Å². The van der Waals surface area contributed by atoms with Crippen molar-refractivity contribution in [1.82, 2.24) is 19.8 Å². The average Bonchev–Trinajstić information content (AvgIpc) is 3.55. The predicted octanol–water partition coefficient (Wildman–Crippen LogP) is 4.47. The van der Waals surface area contributed by atoms with E-state index in [-0.39, 0.29) is 0 Å². The Bertz CT molecular complexity index is 1200. The minimum Gasteiger partial charge on any atom is -0.475 e. The normalized spacial score (nSPS) is 20.1. The lowest BCUT2D eigenvalue weighted by molar-refractivity contribution is -0.193. The van der Waals surface area contributed by atoms with Crippen LogP contribution in [0.25, 0.3) is 0 Å². The number of carboxylic acid groups (broad SMARTS) is 3. The molecule has 3 N–H and O–H groups in total. The highest BCUT2D eigenvalue weighted by atomic mass is 32.1. The summed E-state index contributed by atoms with van der Waals surface area (Å²) in [7, 11) is 1.87. The summed E-state index contributed by atoms with van der Waals surface area (Å²) in [5.41, 5.74) is 2.55. The van der Waals surface area contributed by atoms with Crippen LogP contribution in [0.2, 0.25) is 0 Å². The maximum absolute atomic E-state index is 10.6. The summed E-state index contributed by atoms with van der Waals surface area (Å²) in [6.07, 6.45) is -9.99. The molecule has 21 heteroatoms. The molecule has 3 atom stereocenters. The van der Waals surface area contributed by atoms with E-state index in [1.165, 1.54) is 11.3 Å². The Morgan fingerprint density at radius 2 is 1.37 bits per heavy atom. The van der Waals surface area contributed by atoms with Crippen molar-refractivity contribution in [1.29, 1.82) is 0 Å². The van der Waals surface area contributed by atoms with E-state index in [4.69, 9.17) is 34.4 Å². The number of halogens is 9. The van der Waals surface area contributed by atoms with Gasteiger partial charge in [-0.05, 0) is 31.0 Å². The van der Waals surface area contributed by atoms with Gasteiger partial charge < -0.3 is 20.1 Å². The van der Waals surface area contributed by atoms with Gasteiger partial charge in [-0.1, -0.05) is 0 Å². The lowest BCUT2D eigenvalue weighted by Gasteiger charge is -2.40. The van der Waals surface area contributed by atoms with Crippen molar-refractivity contribution in [3.05, 3.63) is 46.2 Å². The number of hydrogen-bond acceptors (Lipinski definition) is 9. The smallest absolute Gasteiger partial charge is 0.475 e. The van der Waals surface area contributed by atoms with E-state index in [0.29, 0.717) is 18.1 Å². The number of alkyl halides is 9. The molecule has 0 aliphatic carbocycles. The molecule has 0 unspecified atom stereocenters. The van der Waals surface area contributed by atoms with Crippen LogP contribution in [0.3, 0.4) is 0 Å². The van der Waals surface area contributed by atoms with Gasteiger partial charge in [-0.3, -0.25) is 14.8 Å². The fourth-order valence-corrected chi connectivity index (χ4v) is 4.98. The maximum atomic E-state index is 10.6. The Kier molecular flexibility index (Phi) is 15.3. The molecule has 2 aromatic heterocycles. The molecule has 2 aliphatic rings. The highest BCUT2D eigenvalue weighted by Crippen LogP contribution is 2.34. The average molecular weight is 701 g/mol. The molecule has 4 heterocycles. The zero-order valence-corrected chi connectivity index (χ0v) is 24.8. The first-order valence-electron chi connectivity index (χ1n) is 12.8. The largest absolute Gasteiger partial charge is 0.490 e. The van der Waals surface area contributed by atoms with Gasteiger partial charge in [-0.2, -0.15) is 39.5 Å². The van der Waals surface area contributed by atoms with Crippen LogP contribution in [0, 0.1) is 12.8 Å². The van der Waals surface area contributed by atoms with Gasteiger partial charge in [-0.25, -0.2) is 19.4 Å². The highest BCUT2D eigenvalue weighted by Gasteiger charge is 2.44. The van der Waals surface area contributed by atoms with Crippen LogP contribution in [0.1, 0.15) is 22.7 Å². The first kappa shape index (κ1) is 40.5. The first-order chi connectivity index (χ1) is 21.1. The van der Waals surface area contributed by atoms with Crippen LogP contribution in [0.15, 0.2) is 29.9 Å². The fraction of sp³-hybridized carbons (Fsp3) is 0.560. The Hall–Kier alpha value is -3.56. The van der Waals surface area contributed by atoms with Crippen molar-refractivity contribution in [2.24, 2.45) is 5.92 Å². The van der Waals surface area contributed by atoms with Crippen LogP contribution in [0.5, 0.6) is 0 Å². The monoisotopic (exact) mass is 700 g/mol. The number of thiazole rings is 1. The van der Waals surface area contributed by atoms with Gasteiger partial charge in [0.2, 0.25) is 0 Å². The summed E-state index contributed by atoms with van der Waals surface area (Å²) < 4.78 is 101. The van der Waals surface area contributed by atoms with E-state index in [1.807, 2.05) is 19.5 Å². The molecule has 11 nitrogen and oxygen atoms in total. The van der Waals surface area contributed by atoms with Gasteiger partial charge >= 0.3 is 36.4 Å². The van der Waals surface area contributed by atoms with Crippen molar-refractivity contribution in [2.45, 2.75) is 57.1 Å². The number of carbonyl (C=O) groups is 3. The second kappa shape index (κ2) is 17.4. The third-order valence-corrected chi connectivity index (χ3v) is 7.10. The second-order valence-electron chi connectivity index (χ2n) is 9.58. The number of pyridine rings is 1. The summed E-state index contributed by atoms with van der Waals surface area (Å²) in [5, 5.41) is 24.7. The minimum atomic E-state index is -5.08. The number of ether oxygens (including phenoxy) is 1. The van der Waals surface area contributed by atoms with Gasteiger partial charge in [0.1, 0.15) is 0 Å². The number of aromatic nitrogens is 2. The Labute approximate surface area is 259 Å². The predicted molar refractivity (Wildman–Crippen MR) is 141 cm³/mol. The number of aryl methyl sites for hydroxylation is 1. The van der Waals surface area contributed by atoms with Crippen molar-refractivity contribution >= 4 is 29.2 Å². The summed E-state index contributed by atoms with van der Waals surface area (Å²) >= 11 is 1.75. The van der Waals surface area contributed by atoms with Crippen molar-refractivity contribution in [2.75, 3.05) is 26.7 Å². The summed E-state index contributed by atoms with van der Waals surface area (Å²) in [6, 6.07) is 4.79. The van der Waals surface area contributed by atoms with Crippen LogP contribution in [0.4, 0.5) is 39.5 Å². The molecule has 2 saturated heterocycles. The van der Waals surface area contributed by atoms with Gasteiger partial charge in [0.15, 0.2) is 0 Å². The number of aliphatic carboxylic acids is 3. The molecule has 0 aromatic carbocycles. The summed E-state index contributed by atoms with van der Waals surface area (Å²) in [4.78, 5) is 40.7. The lowest BCUT2D eigenvalue weighted by Crippen LogP contribution is -2.50. The van der Waals surface area contributed by atoms with Crippen LogP contribution in [-0.4, -0.2) is 110 Å². The molecular weight excluding hydrogens is 671 g/mol. The molecule has 2 aromatic rings. The highest BCUT2D eigenvalue weighted by molar-refractivity contribution is 7.09. The number of methoxy groups -OCH3 is 1. The topological polar surface area (TPSA) is 153 Å². The molecule has 0 saturated carbocycles. The number of hydrogen-bond donors (Lipinski definition) is 3. The van der Waals surface area contributed by atoms with Crippen LogP contribution in [-0.2, 0) is 32.2 Å². The molecule has 46 heavy (non-hydrogen) atoms. The molecular formula is C25H29F9N4O7S. The standard InChI is InChI=1S/C19H26N4OS.3C2HF3O2/c1-14-21-16(13-25-14)10-23-8-5-19(24-2)17-11-22(12-18(17)23)9-15-3-6-20-7-4-15;3*3-2(4,5)1(6)7/h3-4,6-7,13,17-19H,5,8-12H2,1-2H3;3*(H,6,7)/t17-,18+,19+;;;/m0.../s1. The molecule has 0 amide bonds. The zero-order valence-electron chi connectivity index (χ0n) is 23.9. The van der Waals surface area contributed by atoms with Gasteiger partial charge in [0.05, 0.1) is 16.8 Å². The Morgan fingerprint density at radius 1 is 0.891 bits per heavy atom. The number of likely N-dealkylation sites (tertiary alicyclic amines) is 2. The van der Waals surface area contributed by atoms with Gasteiger partial charge in [0, 0.05) is 69.6 Å². The van der Waals surface area contributed by atoms with E-state index in [9.17, 15) is 39.5 Å². The van der Waals surface area contributed by atoms with E-state index in [0.717, 1.165) is 44.2 Å². The van der Waals surface area contributed by atoms with Crippen molar-refractivity contribution < 1.29 is 74.0 Å². The Balaban J connectivity index is 0.000000413. The SMILES string of the molecule is CO[C@@H]1CCN(Cc2csc(C)n2)[C@@H]2CN(Cc3ccncc3)C[C@@H]21.O=C(O)C(F)(F)F.O=C(O)C(F)(F)F.O=C(O)C(F)(F)F. The lowest BCUT2D eigenvalue weighted by atomic mass is 9.89. The summed E-state index contributed by atoms with van der Waals surface area (Å²) in [5.74, 6) is -7.69. The molecule has 2 aliphatic heterocycles. The second-order valence-corrected chi connectivity index (χ2v) is 10.6. The molecule has 0 bridgehead atoms. The quantitative estimate of drug-likeness (QED) is 0.379. The number of piperidine rings is 1. The molecule has 0 spiro atoms. The van der Waals surface area contributed by atoms with Crippen molar-refractivity contribution in [3.8, 4) is 0 Å². The fourth-order valence-electron chi connectivity index (χ4n) is 4.37. The molecule has 260 valence electrons. The minimum absolute atomic E-state index is 0.376.